The molecular weight excluding hydrogens is 358 g/mol. The fourth-order valence-electron chi connectivity index (χ4n) is 2.12. The van der Waals surface area contributed by atoms with Crippen LogP contribution in [-0.4, -0.2) is 35.9 Å². The van der Waals surface area contributed by atoms with Crippen LogP contribution in [0.2, 0.25) is 0 Å². The maximum Gasteiger partial charge on any atom is 0.170 e. The maximum atomic E-state index is 12.3. The van der Waals surface area contributed by atoms with Crippen molar-refractivity contribution in [3.63, 3.8) is 0 Å². The predicted molar refractivity (Wildman–Crippen MR) is 103 cm³/mol. The largest absolute Gasteiger partial charge is 0.493 e. The van der Waals surface area contributed by atoms with E-state index in [0.717, 1.165) is 4.88 Å². The van der Waals surface area contributed by atoms with E-state index in [-0.39, 0.29) is 11.0 Å². The number of carbonyl (C=O) groups is 1. The fraction of sp³-hybridized carbons (Fsp3) is 0.294. The van der Waals surface area contributed by atoms with Gasteiger partial charge in [0.25, 0.3) is 0 Å². The number of hydrogen-bond donors (Lipinski definition) is 2. The van der Waals surface area contributed by atoms with Crippen molar-refractivity contribution in [1.82, 2.24) is 5.01 Å². The molecule has 1 heterocycles. The lowest BCUT2D eigenvalue weighted by atomic mass is 10.1. The van der Waals surface area contributed by atoms with Crippen LogP contribution in [0.3, 0.4) is 0 Å². The van der Waals surface area contributed by atoms with Crippen molar-refractivity contribution < 1.29 is 14.3 Å². The molecule has 0 amide bonds. The van der Waals surface area contributed by atoms with E-state index in [9.17, 15) is 4.79 Å². The van der Waals surface area contributed by atoms with Gasteiger partial charge in [-0.05, 0) is 29.6 Å². The minimum atomic E-state index is -0.0110. The number of nitrogens with zero attached hydrogens (tertiary/aromatic N) is 1. The molecule has 0 bridgehead atoms. The molecule has 1 aromatic carbocycles. The molecule has 0 saturated heterocycles. The van der Waals surface area contributed by atoms with Gasteiger partial charge in [-0.3, -0.25) is 15.2 Å². The molecule has 0 aliphatic rings. The summed E-state index contributed by atoms with van der Waals surface area (Å²) in [5.74, 6) is 7.48. The summed E-state index contributed by atoms with van der Waals surface area (Å²) in [7, 11) is 3.09. The zero-order chi connectivity index (χ0) is 18.2. The van der Waals surface area contributed by atoms with Crippen molar-refractivity contribution in [2.75, 3.05) is 20.0 Å². The molecule has 0 aliphatic carbocycles. The number of hydrogen-bond acceptors (Lipinski definition) is 7. The lowest BCUT2D eigenvalue weighted by Gasteiger charge is -2.17. The number of amidine groups is 1. The normalized spacial score (nSPS) is 10.4. The Morgan fingerprint density at radius 2 is 2.04 bits per heavy atom. The maximum absolute atomic E-state index is 12.3. The summed E-state index contributed by atoms with van der Waals surface area (Å²) in [4.78, 5) is 13.4. The van der Waals surface area contributed by atoms with Crippen LogP contribution in [0.5, 0.6) is 11.5 Å². The van der Waals surface area contributed by atoms with E-state index in [2.05, 4.69) is 0 Å². The second-order valence-electron chi connectivity index (χ2n) is 5.10. The van der Waals surface area contributed by atoms with Gasteiger partial charge in [0.05, 0.1) is 20.8 Å². The highest BCUT2D eigenvalue weighted by atomic mass is 32.2. The van der Waals surface area contributed by atoms with Gasteiger partial charge in [-0.25, -0.2) is 5.84 Å². The van der Waals surface area contributed by atoms with Gasteiger partial charge >= 0.3 is 0 Å². The Morgan fingerprint density at radius 1 is 1.28 bits per heavy atom. The van der Waals surface area contributed by atoms with Crippen LogP contribution in [0.15, 0.2) is 35.7 Å². The second kappa shape index (κ2) is 9.45. The highest BCUT2D eigenvalue weighted by Crippen LogP contribution is 2.28. The van der Waals surface area contributed by atoms with Crippen molar-refractivity contribution in [1.29, 1.82) is 5.41 Å². The summed E-state index contributed by atoms with van der Waals surface area (Å²) in [6, 6.07) is 9.02. The molecule has 6 nitrogen and oxygen atoms in total. The Bertz CT molecular complexity index is 720. The molecule has 0 aliphatic heterocycles. The first-order valence-corrected chi connectivity index (χ1v) is 9.43. The van der Waals surface area contributed by atoms with Crippen molar-refractivity contribution in [3.05, 3.63) is 46.2 Å². The zero-order valence-electron chi connectivity index (χ0n) is 14.2. The number of carbonyl (C=O) groups excluding carboxylic acids is 1. The summed E-state index contributed by atoms with van der Waals surface area (Å²) >= 11 is 2.86. The van der Waals surface area contributed by atoms with Gasteiger partial charge in [-0.15, -0.1) is 11.3 Å². The smallest absolute Gasteiger partial charge is 0.170 e. The van der Waals surface area contributed by atoms with E-state index in [1.54, 1.807) is 36.6 Å². The molecule has 0 radical (unpaired) electrons. The van der Waals surface area contributed by atoms with Gasteiger partial charge in [-0.1, -0.05) is 17.8 Å². The Morgan fingerprint density at radius 3 is 2.68 bits per heavy atom. The number of thiophene rings is 1. The van der Waals surface area contributed by atoms with E-state index in [1.807, 2.05) is 17.5 Å². The van der Waals surface area contributed by atoms with Crippen molar-refractivity contribution >= 4 is 34.0 Å². The lowest BCUT2D eigenvalue weighted by molar-refractivity contribution is 0.0989. The number of rotatable bonds is 8. The number of ether oxygens (including phenoxy) is 2. The SMILES string of the molecule is COc1ccc(C(=O)CCSC(=N)N(N)Cc2cccs2)cc1OC. The molecule has 2 rings (SSSR count). The van der Waals surface area contributed by atoms with Crippen LogP contribution < -0.4 is 15.3 Å². The van der Waals surface area contributed by atoms with Gasteiger partial charge < -0.3 is 9.47 Å². The van der Waals surface area contributed by atoms with Crippen LogP contribution in [0, 0.1) is 5.41 Å². The molecule has 0 atom stereocenters. The summed E-state index contributed by atoms with van der Waals surface area (Å²) in [6.45, 7) is 0.493. The second-order valence-corrected chi connectivity index (χ2v) is 7.22. The van der Waals surface area contributed by atoms with E-state index in [1.165, 1.54) is 23.9 Å². The molecule has 0 unspecified atom stereocenters. The van der Waals surface area contributed by atoms with E-state index < -0.39 is 0 Å². The molecule has 134 valence electrons. The molecule has 8 heteroatoms. The minimum absolute atomic E-state index is 0.0110. The number of thioether (sulfide) groups is 1. The number of nitrogens with two attached hydrogens (primary N) is 1. The van der Waals surface area contributed by atoms with Gasteiger partial charge in [0.15, 0.2) is 22.4 Å². The van der Waals surface area contributed by atoms with Crippen LogP contribution in [0.1, 0.15) is 21.7 Å². The van der Waals surface area contributed by atoms with Gasteiger partial charge in [-0.2, -0.15) is 0 Å². The third-order valence-corrected chi connectivity index (χ3v) is 5.22. The van der Waals surface area contributed by atoms with E-state index >= 15 is 0 Å². The highest BCUT2D eigenvalue weighted by molar-refractivity contribution is 8.13. The molecule has 3 N–H and O–H groups in total. The monoisotopic (exact) mass is 379 g/mol. The number of nitrogens with one attached hydrogen (secondary N) is 1. The molecule has 0 spiro atoms. The predicted octanol–water partition coefficient (Wildman–Crippen LogP) is 3.38. The topological polar surface area (TPSA) is 88.6 Å². The average Bonchev–Trinajstić information content (AvgIpc) is 3.13. The van der Waals surface area contributed by atoms with Crippen molar-refractivity contribution in [2.24, 2.45) is 5.84 Å². The van der Waals surface area contributed by atoms with Crippen molar-refractivity contribution in [2.45, 2.75) is 13.0 Å². The van der Waals surface area contributed by atoms with Crippen LogP contribution in [0.4, 0.5) is 0 Å². The molecule has 2 aromatic rings. The summed E-state index contributed by atoms with van der Waals surface area (Å²) in [6.07, 6.45) is 0.315. The van der Waals surface area contributed by atoms with Gasteiger partial charge in [0.2, 0.25) is 0 Å². The van der Waals surface area contributed by atoms with E-state index in [4.69, 9.17) is 20.7 Å². The van der Waals surface area contributed by atoms with Crippen molar-refractivity contribution in [3.8, 4) is 11.5 Å². The quantitative estimate of drug-likeness (QED) is 0.240. The zero-order valence-corrected chi connectivity index (χ0v) is 15.8. The highest BCUT2D eigenvalue weighted by Gasteiger charge is 2.13. The average molecular weight is 380 g/mol. The Labute approximate surface area is 155 Å². The van der Waals surface area contributed by atoms with E-state index in [0.29, 0.717) is 35.8 Å². The number of hydrazine groups is 1. The number of methoxy groups -OCH3 is 2. The van der Waals surface area contributed by atoms with Gasteiger partial charge in [0.1, 0.15) is 0 Å². The third-order valence-electron chi connectivity index (χ3n) is 3.44. The number of benzene rings is 1. The minimum Gasteiger partial charge on any atom is -0.493 e. The van der Waals surface area contributed by atoms with Crippen LogP contribution >= 0.6 is 23.1 Å². The van der Waals surface area contributed by atoms with Gasteiger partial charge in [0, 0.05) is 22.6 Å². The first kappa shape index (κ1) is 19.3. The summed E-state index contributed by atoms with van der Waals surface area (Å²) < 4.78 is 10.4. The standard InChI is InChI=1S/C17H21N3O3S2/c1-22-15-6-5-12(10-16(15)23-2)14(21)7-9-25-17(18)20(19)11-13-4-3-8-24-13/h3-6,8,10,18H,7,9,11,19H2,1-2H3. The Kier molecular flexibility index (Phi) is 7.30. The fourth-order valence-corrected chi connectivity index (χ4v) is 3.53. The molecular formula is C17H21N3O3S2. The first-order valence-electron chi connectivity index (χ1n) is 7.56. The molecule has 25 heavy (non-hydrogen) atoms. The summed E-state index contributed by atoms with van der Waals surface area (Å²) in [5.41, 5.74) is 0.563. The van der Waals surface area contributed by atoms with Crippen LogP contribution in [-0.2, 0) is 6.54 Å². The Hall–Kier alpha value is -2.03. The first-order chi connectivity index (χ1) is 12.0. The third kappa shape index (κ3) is 5.48. The number of Topliss-reactive ketones (excluding diaryl/α,β-unsaturated/α-hetero) is 1. The number of ketones is 1. The molecule has 0 fully saturated rings. The molecule has 1 aromatic heterocycles. The summed E-state index contributed by atoms with van der Waals surface area (Å²) in [5, 5.41) is 11.6. The van der Waals surface area contributed by atoms with Crippen LogP contribution in [0.25, 0.3) is 0 Å². The lowest BCUT2D eigenvalue weighted by Crippen LogP contribution is -2.34. The molecule has 0 saturated carbocycles. The Balaban J connectivity index is 1.82.